The van der Waals surface area contributed by atoms with Crippen LogP contribution in [0.3, 0.4) is 0 Å². The van der Waals surface area contributed by atoms with E-state index in [-0.39, 0.29) is 0 Å². The van der Waals surface area contributed by atoms with Gasteiger partial charge in [-0.3, -0.25) is 10.7 Å². The molecule has 1 amide bonds. The van der Waals surface area contributed by atoms with Gasteiger partial charge in [-0.1, -0.05) is 12.1 Å². The Morgan fingerprint density at radius 3 is 2.95 bits per heavy atom. The van der Waals surface area contributed by atoms with Crippen molar-refractivity contribution in [3.05, 3.63) is 36.0 Å². The monoisotopic (exact) mass is 302 g/mol. The fourth-order valence-corrected chi connectivity index (χ4v) is 2.26. The summed E-state index contributed by atoms with van der Waals surface area (Å²) in [6.45, 7) is 2.43. The number of amides is 1. The van der Waals surface area contributed by atoms with E-state index in [1.165, 1.54) is 0 Å². The van der Waals surface area contributed by atoms with Gasteiger partial charge in [-0.25, -0.2) is 4.79 Å². The van der Waals surface area contributed by atoms with Crippen molar-refractivity contribution in [1.29, 1.82) is 0 Å². The summed E-state index contributed by atoms with van der Waals surface area (Å²) in [7, 11) is 0. The number of allylic oxidation sites excluding steroid dienone is 1. The number of anilines is 2. The Balaban J connectivity index is 1.90. The standard InChI is InChI=1S/C15H18N4O3/c1-2-22-14-9-12(10-7-8-10)17-19(18-14)13-6-4-3-5-11(13)16-15(20)21/h3-6,9-10,16-17H,2,7-8H2,1H3,(H,20,21). The van der Waals surface area contributed by atoms with Crippen molar-refractivity contribution < 1.29 is 14.6 Å². The first-order valence-corrected chi connectivity index (χ1v) is 7.26. The second-order valence-electron chi connectivity index (χ2n) is 5.12. The highest BCUT2D eigenvalue weighted by Gasteiger charge is 2.30. The summed E-state index contributed by atoms with van der Waals surface area (Å²) in [6, 6.07) is 7.08. The molecular formula is C15H18N4O3. The molecule has 1 aromatic rings. The van der Waals surface area contributed by atoms with Crippen LogP contribution in [0.1, 0.15) is 19.8 Å². The van der Waals surface area contributed by atoms with Crippen LogP contribution in [0.2, 0.25) is 0 Å². The number of rotatable bonds is 4. The molecule has 1 saturated carbocycles. The van der Waals surface area contributed by atoms with E-state index in [9.17, 15) is 4.79 Å². The second-order valence-corrected chi connectivity index (χ2v) is 5.12. The second kappa shape index (κ2) is 5.97. The van der Waals surface area contributed by atoms with Crippen LogP contribution >= 0.6 is 0 Å². The third kappa shape index (κ3) is 3.13. The first kappa shape index (κ1) is 14.2. The smallest absolute Gasteiger partial charge is 0.409 e. The van der Waals surface area contributed by atoms with Crippen LogP contribution < -0.4 is 15.9 Å². The first-order chi connectivity index (χ1) is 10.7. The van der Waals surface area contributed by atoms with Crippen molar-refractivity contribution in [2.45, 2.75) is 19.8 Å². The molecule has 0 bridgehead atoms. The molecular weight excluding hydrogens is 284 g/mol. The van der Waals surface area contributed by atoms with Crippen molar-refractivity contribution in [2.75, 3.05) is 17.0 Å². The van der Waals surface area contributed by atoms with Gasteiger partial charge in [-0.05, 0) is 31.9 Å². The summed E-state index contributed by atoms with van der Waals surface area (Å²) in [5, 5.41) is 17.3. The van der Waals surface area contributed by atoms with Crippen molar-refractivity contribution in [3.8, 4) is 0 Å². The van der Waals surface area contributed by atoms with E-state index in [1.54, 1.807) is 23.3 Å². The lowest BCUT2D eigenvalue weighted by atomic mass is 10.2. The third-order valence-corrected chi connectivity index (χ3v) is 3.40. The van der Waals surface area contributed by atoms with Crippen molar-refractivity contribution >= 4 is 23.4 Å². The van der Waals surface area contributed by atoms with Crippen molar-refractivity contribution in [2.24, 2.45) is 11.0 Å². The van der Waals surface area contributed by atoms with Gasteiger partial charge in [0, 0.05) is 17.7 Å². The highest BCUT2D eigenvalue weighted by Crippen LogP contribution is 2.37. The Kier molecular flexibility index (Phi) is 3.86. The number of carboxylic acid groups (broad SMARTS) is 1. The lowest BCUT2D eigenvalue weighted by Gasteiger charge is -2.28. The highest BCUT2D eigenvalue weighted by atomic mass is 16.5. The summed E-state index contributed by atoms with van der Waals surface area (Å²) in [4.78, 5) is 10.9. The normalized spacial score (nSPS) is 17.2. The number of nitrogens with one attached hydrogen (secondary N) is 2. The van der Waals surface area contributed by atoms with E-state index in [1.807, 2.05) is 19.1 Å². The molecule has 1 heterocycles. The lowest BCUT2D eigenvalue weighted by molar-refractivity contribution is 0.210. The van der Waals surface area contributed by atoms with Crippen LogP contribution in [0.5, 0.6) is 0 Å². The maximum absolute atomic E-state index is 10.9. The van der Waals surface area contributed by atoms with Crippen LogP contribution in [0.25, 0.3) is 0 Å². The average molecular weight is 302 g/mol. The van der Waals surface area contributed by atoms with Crippen LogP contribution in [-0.4, -0.2) is 23.7 Å². The summed E-state index contributed by atoms with van der Waals surface area (Å²) in [6.07, 6.45) is 3.07. The Hall–Kier alpha value is -2.70. The highest BCUT2D eigenvalue weighted by molar-refractivity contribution is 5.92. The van der Waals surface area contributed by atoms with E-state index in [4.69, 9.17) is 9.84 Å². The van der Waals surface area contributed by atoms with Gasteiger partial charge in [0.1, 0.15) is 5.69 Å². The summed E-state index contributed by atoms with van der Waals surface area (Å²) in [5.74, 6) is 1.02. The maximum Gasteiger partial charge on any atom is 0.409 e. The van der Waals surface area contributed by atoms with Gasteiger partial charge in [0.15, 0.2) is 0 Å². The minimum Gasteiger partial charge on any atom is -0.477 e. The first-order valence-electron chi connectivity index (χ1n) is 7.26. The van der Waals surface area contributed by atoms with Gasteiger partial charge in [-0.15, -0.1) is 5.10 Å². The predicted molar refractivity (Wildman–Crippen MR) is 83.6 cm³/mol. The maximum atomic E-state index is 10.9. The topological polar surface area (TPSA) is 86.2 Å². The van der Waals surface area contributed by atoms with Gasteiger partial charge in [0.25, 0.3) is 0 Å². The molecule has 3 rings (SSSR count). The molecule has 2 aliphatic rings. The van der Waals surface area contributed by atoms with Crippen LogP contribution in [0, 0.1) is 5.92 Å². The Labute approximate surface area is 128 Å². The van der Waals surface area contributed by atoms with Gasteiger partial charge in [0.05, 0.1) is 12.3 Å². The fraction of sp³-hybridized carbons (Fsp3) is 0.333. The number of para-hydroxylation sites is 2. The molecule has 1 aromatic carbocycles. The van der Waals surface area contributed by atoms with Gasteiger partial charge in [-0.2, -0.15) is 5.12 Å². The van der Waals surface area contributed by atoms with Gasteiger partial charge in [0.2, 0.25) is 5.90 Å². The number of carbonyl (C=O) groups is 1. The molecule has 0 aromatic heterocycles. The molecule has 22 heavy (non-hydrogen) atoms. The van der Waals surface area contributed by atoms with Gasteiger partial charge < -0.3 is 9.84 Å². The van der Waals surface area contributed by atoms with Crippen LogP contribution in [0.15, 0.2) is 41.1 Å². The molecule has 0 unspecified atom stereocenters. The number of benzene rings is 1. The third-order valence-electron chi connectivity index (χ3n) is 3.40. The van der Waals surface area contributed by atoms with Crippen LogP contribution in [-0.2, 0) is 4.74 Å². The largest absolute Gasteiger partial charge is 0.477 e. The molecule has 1 aliphatic heterocycles. The van der Waals surface area contributed by atoms with Crippen molar-refractivity contribution in [1.82, 2.24) is 5.43 Å². The lowest BCUT2D eigenvalue weighted by Crippen LogP contribution is -2.39. The average Bonchev–Trinajstić information content (AvgIpc) is 3.32. The Bertz CT molecular complexity index is 637. The summed E-state index contributed by atoms with van der Waals surface area (Å²) < 4.78 is 5.52. The zero-order valence-corrected chi connectivity index (χ0v) is 12.2. The number of nitrogens with zero attached hydrogens (tertiary/aromatic N) is 2. The number of hydrazine groups is 1. The zero-order valence-electron chi connectivity index (χ0n) is 12.2. The van der Waals surface area contributed by atoms with E-state index in [0.717, 1.165) is 18.5 Å². The fourth-order valence-electron chi connectivity index (χ4n) is 2.26. The molecule has 7 nitrogen and oxygen atoms in total. The van der Waals surface area contributed by atoms with E-state index < -0.39 is 6.09 Å². The number of hydrogen-bond acceptors (Lipinski definition) is 5. The van der Waals surface area contributed by atoms with E-state index in [0.29, 0.717) is 29.8 Å². The summed E-state index contributed by atoms with van der Waals surface area (Å²) in [5.41, 5.74) is 5.35. The zero-order chi connectivity index (χ0) is 15.5. The SMILES string of the molecule is CCOC1=NN(c2ccccc2NC(=O)O)NC(C2CC2)=C1. The molecule has 1 fully saturated rings. The number of ether oxygens (including phenoxy) is 1. The minimum atomic E-state index is -1.11. The van der Waals surface area contributed by atoms with Crippen LogP contribution in [0.4, 0.5) is 16.2 Å². The summed E-state index contributed by atoms with van der Waals surface area (Å²) >= 11 is 0. The molecule has 3 N–H and O–H groups in total. The molecule has 0 saturated heterocycles. The van der Waals surface area contributed by atoms with Crippen molar-refractivity contribution in [3.63, 3.8) is 0 Å². The molecule has 116 valence electrons. The molecule has 0 spiro atoms. The molecule has 0 radical (unpaired) electrons. The molecule has 1 aliphatic carbocycles. The number of hydrogen-bond donors (Lipinski definition) is 3. The number of hydrazone groups is 1. The minimum absolute atomic E-state index is 0.458. The molecule has 0 atom stereocenters. The Morgan fingerprint density at radius 2 is 2.27 bits per heavy atom. The Morgan fingerprint density at radius 1 is 1.50 bits per heavy atom. The van der Waals surface area contributed by atoms with Gasteiger partial charge >= 0.3 is 6.09 Å². The predicted octanol–water partition coefficient (Wildman–Crippen LogP) is 2.75. The van der Waals surface area contributed by atoms with E-state index in [2.05, 4.69) is 15.8 Å². The quantitative estimate of drug-likeness (QED) is 0.796. The molecule has 7 heteroatoms. The van der Waals surface area contributed by atoms with E-state index >= 15 is 0 Å².